The number of hydrogen-bond acceptors (Lipinski definition) is 6. The number of nitro benzene ring substituents is 2. The van der Waals surface area contributed by atoms with Gasteiger partial charge in [-0.05, 0) is 25.8 Å². The number of rotatable bonds is 12. The summed E-state index contributed by atoms with van der Waals surface area (Å²) >= 11 is 0. The van der Waals surface area contributed by atoms with E-state index in [0.29, 0.717) is 0 Å². The third-order valence-electron chi connectivity index (χ3n) is 3.90. The number of benzene rings is 1. The summed E-state index contributed by atoms with van der Waals surface area (Å²) in [6, 6.07) is 3.46. The van der Waals surface area contributed by atoms with Crippen molar-refractivity contribution in [3.05, 3.63) is 38.4 Å². The highest BCUT2D eigenvalue weighted by Gasteiger charge is 2.19. The van der Waals surface area contributed by atoms with Gasteiger partial charge in [0.1, 0.15) is 5.69 Å². The second kappa shape index (κ2) is 11.1. The van der Waals surface area contributed by atoms with E-state index < -0.39 is 9.85 Å². The highest BCUT2D eigenvalue weighted by atomic mass is 16.6. The summed E-state index contributed by atoms with van der Waals surface area (Å²) in [4.78, 5) is 20.5. The number of nitrogens with zero attached hydrogens (tertiary/aromatic N) is 3. The van der Waals surface area contributed by atoms with E-state index >= 15 is 0 Å². The Hall–Kier alpha value is -2.51. The minimum Gasteiger partial charge on any atom is -0.272 e. The Balaban J connectivity index is 2.51. The van der Waals surface area contributed by atoms with Crippen LogP contribution in [-0.2, 0) is 0 Å². The fraction of sp³-hybridized carbons (Fsp3) is 0.588. The maximum atomic E-state index is 11.1. The normalized spacial score (nSPS) is 11.4. The van der Waals surface area contributed by atoms with Gasteiger partial charge in [-0.3, -0.25) is 25.7 Å². The topological polar surface area (TPSA) is 111 Å². The molecule has 0 aliphatic rings. The van der Waals surface area contributed by atoms with Gasteiger partial charge in [-0.1, -0.05) is 45.4 Å². The predicted molar refractivity (Wildman–Crippen MR) is 99.1 cm³/mol. The summed E-state index contributed by atoms with van der Waals surface area (Å²) in [5.41, 5.74) is 2.97. The minimum absolute atomic E-state index is 0.148. The van der Waals surface area contributed by atoms with Gasteiger partial charge in [0.2, 0.25) is 0 Å². The van der Waals surface area contributed by atoms with Gasteiger partial charge in [-0.25, -0.2) is 0 Å². The van der Waals surface area contributed by atoms with Crippen LogP contribution >= 0.6 is 0 Å². The summed E-state index contributed by atoms with van der Waals surface area (Å²) < 4.78 is 0. The van der Waals surface area contributed by atoms with Gasteiger partial charge in [-0.2, -0.15) is 5.10 Å². The first kappa shape index (κ1) is 20.5. The summed E-state index contributed by atoms with van der Waals surface area (Å²) in [7, 11) is 0. The van der Waals surface area contributed by atoms with E-state index in [9.17, 15) is 20.2 Å². The summed E-state index contributed by atoms with van der Waals surface area (Å²) in [6.07, 6.45) is 9.30. The smallest absolute Gasteiger partial charge is 0.272 e. The van der Waals surface area contributed by atoms with Crippen molar-refractivity contribution in [2.45, 2.75) is 65.2 Å². The van der Waals surface area contributed by atoms with Gasteiger partial charge in [0.15, 0.2) is 0 Å². The predicted octanol–water partition coefficient (Wildman–Crippen LogP) is 5.43. The zero-order valence-corrected chi connectivity index (χ0v) is 14.9. The van der Waals surface area contributed by atoms with Crippen LogP contribution in [-0.4, -0.2) is 15.6 Å². The Morgan fingerprint density at radius 2 is 1.68 bits per heavy atom. The molecule has 0 saturated carbocycles. The molecule has 8 nitrogen and oxygen atoms in total. The third kappa shape index (κ3) is 7.73. The van der Waals surface area contributed by atoms with Crippen LogP contribution in [0.5, 0.6) is 0 Å². The molecule has 0 aromatic heterocycles. The molecule has 25 heavy (non-hydrogen) atoms. The lowest BCUT2D eigenvalue weighted by Crippen LogP contribution is -2.01. The van der Waals surface area contributed by atoms with Gasteiger partial charge in [0.05, 0.1) is 15.9 Å². The number of hydrogen-bond donors (Lipinski definition) is 1. The van der Waals surface area contributed by atoms with E-state index in [1.165, 1.54) is 44.2 Å². The highest BCUT2D eigenvalue weighted by molar-refractivity contribution is 5.83. The first-order valence-electron chi connectivity index (χ1n) is 8.67. The fourth-order valence-corrected chi connectivity index (χ4v) is 2.43. The van der Waals surface area contributed by atoms with Crippen molar-refractivity contribution in [3.8, 4) is 0 Å². The number of anilines is 1. The van der Waals surface area contributed by atoms with Crippen molar-refractivity contribution >= 4 is 22.8 Å². The standard InChI is InChI=1S/C17H26N4O4/c1-3-4-5-6-7-8-9-10-14(2)18-19-16-12-11-15(20(22)23)13-17(16)21(24)25/h11-13,19H,3-10H2,1-2H3. The largest absolute Gasteiger partial charge is 0.301 e. The summed E-state index contributed by atoms with van der Waals surface area (Å²) in [5, 5.41) is 25.9. The average molecular weight is 350 g/mol. The van der Waals surface area contributed by atoms with Crippen molar-refractivity contribution < 1.29 is 9.85 Å². The second-order valence-corrected chi connectivity index (χ2v) is 6.05. The minimum atomic E-state index is -0.661. The SMILES string of the molecule is CCCCCCCCCC(C)=NNc1ccc([N+](=O)[O-])cc1[N+](=O)[O-]. The zero-order valence-electron chi connectivity index (χ0n) is 14.9. The van der Waals surface area contributed by atoms with Crippen LogP contribution in [0.4, 0.5) is 17.1 Å². The molecule has 0 fully saturated rings. The van der Waals surface area contributed by atoms with Crippen molar-refractivity contribution in [2.75, 3.05) is 5.43 Å². The molecule has 0 spiro atoms. The molecule has 0 atom stereocenters. The molecular weight excluding hydrogens is 324 g/mol. The monoisotopic (exact) mass is 350 g/mol. The van der Waals surface area contributed by atoms with Gasteiger partial charge < -0.3 is 0 Å². The maximum Gasteiger partial charge on any atom is 0.301 e. The second-order valence-electron chi connectivity index (χ2n) is 6.05. The van der Waals surface area contributed by atoms with Crippen molar-refractivity contribution in [3.63, 3.8) is 0 Å². The summed E-state index contributed by atoms with van der Waals surface area (Å²) in [5.74, 6) is 0. The number of non-ortho nitro benzene ring substituents is 1. The molecule has 8 heteroatoms. The summed E-state index contributed by atoms with van der Waals surface area (Å²) in [6.45, 7) is 4.06. The van der Waals surface area contributed by atoms with E-state index in [1.54, 1.807) is 0 Å². The van der Waals surface area contributed by atoms with Crippen LogP contribution in [0.25, 0.3) is 0 Å². The molecule has 138 valence electrons. The molecule has 0 aliphatic carbocycles. The Kier molecular flexibility index (Phi) is 9.13. The Morgan fingerprint density at radius 1 is 1.04 bits per heavy atom. The molecule has 0 unspecified atom stereocenters. The maximum absolute atomic E-state index is 11.1. The van der Waals surface area contributed by atoms with Gasteiger partial charge in [0.25, 0.3) is 5.69 Å². The molecule has 0 heterocycles. The van der Waals surface area contributed by atoms with Gasteiger partial charge >= 0.3 is 5.69 Å². The first-order valence-corrected chi connectivity index (χ1v) is 8.67. The molecule has 1 N–H and O–H groups in total. The van der Waals surface area contributed by atoms with Gasteiger partial charge in [0, 0.05) is 11.8 Å². The molecule has 1 aromatic rings. The van der Waals surface area contributed by atoms with Crippen LogP contribution in [0.2, 0.25) is 0 Å². The molecule has 1 rings (SSSR count). The Labute approximate surface area is 147 Å². The third-order valence-corrected chi connectivity index (χ3v) is 3.90. The number of hydrazone groups is 1. The highest BCUT2D eigenvalue weighted by Crippen LogP contribution is 2.28. The van der Waals surface area contributed by atoms with Crippen LogP contribution < -0.4 is 5.43 Å². The van der Waals surface area contributed by atoms with E-state index in [-0.39, 0.29) is 17.1 Å². The lowest BCUT2D eigenvalue weighted by Gasteiger charge is -2.05. The van der Waals surface area contributed by atoms with E-state index in [4.69, 9.17) is 0 Å². The van der Waals surface area contributed by atoms with Gasteiger partial charge in [-0.15, -0.1) is 0 Å². The van der Waals surface area contributed by atoms with E-state index in [0.717, 1.165) is 31.0 Å². The van der Waals surface area contributed by atoms with Crippen LogP contribution in [0, 0.1) is 20.2 Å². The Morgan fingerprint density at radius 3 is 2.28 bits per heavy atom. The first-order chi connectivity index (χ1) is 12.0. The van der Waals surface area contributed by atoms with Crippen molar-refractivity contribution in [2.24, 2.45) is 5.10 Å². The molecule has 0 amide bonds. The molecule has 0 aliphatic heterocycles. The van der Waals surface area contributed by atoms with Crippen molar-refractivity contribution in [1.29, 1.82) is 0 Å². The van der Waals surface area contributed by atoms with Crippen LogP contribution in [0.1, 0.15) is 65.2 Å². The Bertz CT molecular complexity index is 617. The number of unbranched alkanes of at least 4 members (excludes halogenated alkanes) is 6. The quantitative estimate of drug-likeness (QED) is 0.234. The van der Waals surface area contributed by atoms with Crippen LogP contribution in [0.3, 0.4) is 0 Å². The molecule has 1 aromatic carbocycles. The lowest BCUT2D eigenvalue weighted by molar-refractivity contribution is -0.393. The molecule has 0 radical (unpaired) electrons. The number of nitrogens with one attached hydrogen (secondary N) is 1. The van der Waals surface area contributed by atoms with Crippen LogP contribution in [0.15, 0.2) is 23.3 Å². The molecule has 0 bridgehead atoms. The fourth-order valence-electron chi connectivity index (χ4n) is 2.43. The molecule has 0 saturated heterocycles. The average Bonchev–Trinajstić information content (AvgIpc) is 2.58. The number of nitro groups is 2. The van der Waals surface area contributed by atoms with E-state index in [1.807, 2.05) is 6.92 Å². The molecular formula is C17H26N4O4. The van der Waals surface area contributed by atoms with E-state index in [2.05, 4.69) is 17.5 Å². The zero-order chi connectivity index (χ0) is 18.7. The van der Waals surface area contributed by atoms with Crippen molar-refractivity contribution in [1.82, 2.24) is 0 Å². The lowest BCUT2D eigenvalue weighted by atomic mass is 10.1.